The third-order valence-corrected chi connectivity index (χ3v) is 6.85. The Labute approximate surface area is 115 Å². The van der Waals surface area contributed by atoms with Crippen LogP contribution in [0.3, 0.4) is 0 Å². The van der Waals surface area contributed by atoms with Crippen molar-refractivity contribution < 1.29 is 9.53 Å². The van der Waals surface area contributed by atoms with Gasteiger partial charge in [-0.1, -0.05) is 0 Å². The molecule has 1 aliphatic heterocycles. The summed E-state index contributed by atoms with van der Waals surface area (Å²) in [6, 6.07) is 0. The van der Waals surface area contributed by atoms with Crippen LogP contribution in [0.15, 0.2) is 0 Å². The van der Waals surface area contributed by atoms with Gasteiger partial charge in [0.15, 0.2) is 0 Å². The maximum atomic E-state index is 11.9. The standard InChI is InChI=1S/C16H25NO2/c1-14(2)16(17,9-13(18)19-14)15-6-10-3-11(7-15)5-12(4-10)8-15/h10-12H,3-9,17H2,1-2H3. The molecule has 1 atom stereocenters. The van der Waals surface area contributed by atoms with Gasteiger partial charge in [0.25, 0.3) is 0 Å². The molecule has 1 unspecified atom stereocenters. The van der Waals surface area contributed by atoms with E-state index >= 15 is 0 Å². The maximum absolute atomic E-state index is 11.9. The van der Waals surface area contributed by atoms with Crippen LogP contribution in [0.4, 0.5) is 0 Å². The van der Waals surface area contributed by atoms with Crippen molar-refractivity contribution in [3.8, 4) is 0 Å². The molecule has 5 fully saturated rings. The van der Waals surface area contributed by atoms with Crippen molar-refractivity contribution in [2.75, 3.05) is 0 Å². The second kappa shape index (κ2) is 3.36. The molecule has 3 heteroatoms. The molecule has 5 rings (SSSR count). The number of ether oxygens (including phenoxy) is 1. The lowest BCUT2D eigenvalue weighted by Gasteiger charge is -2.63. The number of hydrogen-bond acceptors (Lipinski definition) is 3. The molecule has 0 aromatic carbocycles. The zero-order valence-electron chi connectivity index (χ0n) is 12.1. The molecule has 106 valence electrons. The molecule has 4 aliphatic carbocycles. The fourth-order valence-electron chi connectivity index (χ4n) is 6.34. The average molecular weight is 263 g/mol. The number of cyclic esters (lactones) is 1. The van der Waals surface area contributed by atoms with Crippen LogP contribution in [-0.4, -0.2) is 17.1 Å². The second-order valence-corrected chi connectivity index (χ2v) is 8.33. The van der Waals surface area contributed by atoms with Crippen LogP contribution in [0.1, 0.15) is 58.8 Å². The van der Waals surface area contributed by atoms with Crippen molar-refractivity contribution in [3.05, 3.63) is 0 Å². The molecule has 1 saturated heterocycles. The first-order valence-electron chi connectivity index (χ1n) is 7.84. The van der Waals surface area contributed by atoms with E-state index in [0.29, 0.717) is 6.42 Å². The summed E-state index contributed by atoms with van der Waals surface area (Å²) in [4.78, 5) is 11.9. The van der Waals surface area contributed by atoms with E-state index in [4.69, 9.17) is 10.5 Å². The fourth-order valence-corrected chi connectivity index (χ4v) is 6.34. The van der Waals surface area contributed by atoms with Gasteiger partial charge in [-0.25, -0.2) is 0 Å². The summed E-state index contributed by atoms with van der Waals surface area (Å²) in [6.45, 7) is 4.05. The van der Waals surface area contributed by atoms with Crippen molar-refractivity contribution in [1.82, 2.24) is 0 Å². The summed E-state index contributed by atoms with van der Waals surface area (Å²) in [5.74, 6) is 2.48. The molecule has 0 amide bonds. The molecule has 4 saturated carbocycles. The summed E-state index contributed by atoms with van der Waals surface area (Å²) in [7, 11) is 0. The van der Waals surface area contributed by atoms with Crippen LogP contribution >= 0.6 is 0 Å². The Bertz CT molecular complexity index is 407. The molecular formula is C16H25NO2. The van der Waals surface area contributed by atoms with Crippen LogP contribution in [0.2, 0.25) is 0 Å². The Kier molecular flexibility index (Phi) is 2.16. The van der Waals surface area contributed by atoms with E-state index in [1.807, 2.05) is 13.8 Å². The van der Waals surface area contributed by atoms with Gasteiger partial charge in [-0.3, -0.25) is 4.79 Å². The van der Waals surface area contributed by atoms with Gasteiger partial charge < -0.3 is 10.5 Å². The van der Waals surface area contributed by atoms with Gasteiger partial charge in [0.05, 0.1) is 12.0 Å². The third-order valence-electron chi connectivity index (χ3n) is 6.85. The monoisotopic (exact) mass is 263 g/mol. The Morgan fingerprint density at radius 2 is 1.53 bits per heavy atom. The van der Waals surface area contributed by atoms with E-state index in [0.717, 1.165) is 17.8 Å². The van der Waals surface area contributed by atoms with E-state index in [-0.39, 0.29) is 11.4 Å². The summed E-state index contributed by atoms with van der Waals surface area (Å²) in [6.07, 6.45) is 8.34. The molecule has 3 nitrogen and oxygen atoms in total. The van der Waals surface area contributed by atoms with Crippen LogP contribution in [0.25, 0.3) is 0 Å². The molecule has 5 aliphatic rings. The number of carbonyl (C=O) groups excluding carboxylic acids is 1. The van der Waals surface area contributed by atoms with Crippen LogP contribution in [0.5, 0.6) is 0 Å². The van der Waals surface area contributed by atoms with Crippen molar-refractivity contribution in [1.29, 1.82) is 0 Å². The zero-order chi connectivity index (χ0) is 13.5. The summed E-state index contributed by atoms with van der Waals surface area (Å²) < 4.78 is 5.59. The van der Waals surface area contributed by atoms with E-state index in [9.17, 15) is 4.79 Å². The minimum absolute atomic E-state index is 0.0942. The highest BCUT2D eigenvalue weighted by atomic mass is 16.6. The van der Waals surface area contributed by atoms with Crippen LogP contribution in [0, 0.1) is 23.2 Å². The lowest BCUT2D eigenvalue weighted by atomic mass is 9.42. The quantitative estimate of drug-likeness (QED) is 0.740. The van der Waals surface area contributed by atoms with Crippen LogP contribution < -0.4 is 5.73 Å². The number of rotatable bonds is 1. The molecule has 1 heterocycles. The highest BCUT2D eigenvalue weighted by molar-refractivity contribution is 5.75. The minimum Gasteiger partial charge on any atom is -0.458 e. The van der Waals surface area contributed by atoms with E-state index in [2.05, 4.69) is 0 Å². The predicted molar refractivity (Wildman–Crippen MR) is 72.3 cm³/mol. The SMILES string of the molecule is CC1(C)OC(=O)CC1(N)C12CC3CC(CC(C3)C1)C2. The Morgan fingerprint density at radius 3 is 1.89 bits per heavy atom. The van der Waals surface area contributed by atoms with Crippen molar-refractivity contribution in [3.63, 3.8) is 0 Å². The van der Waals surface area contributed by atoms with E-state index in [1.165, 1.54) is 38.5 Å². The number of esters is 1. The van der Waals surface area contributed by atoms with Gasteiger partial charge in [0.1, 0.15) is 5.60 Å². The third kappa shape index (κ3) is 1.40. The Morgan fingerprint density at radius 1 is 1.05 bits per heavy atom. The topological polar surface area (TPSA) is 52.3 Å². The molecular weight excluding hydrogens is 238 g/mol. The maximum Gasteiger partial charge on any atom is 0.308 e. The van der Waals surface area contributed by atoms with Crippen LogP contribution in [-0.2, 0) is 9.53 Å². The van der Waals surface area contributed by atoms with Crippen molar-refractivity contribution in [2.45, 2.75) is 69.9 Å². The lowest BCUT2D eigenvalue weighted by Crippen LogP contribution is -2.69. The van der Waals surface area contributed by atoms with Crippen molar-refractivity contribution in [2.24, 2.45) is 28.9 Å². The predicted octanol–water partition coefficient (Wildman–Crippen LogP) is 2.63. The second-order valence-electron chi connectivity index (χ2n) is 8.33. The molecule has 0 spiro atoms. The van der Waals surface area contributed by atoms with E-state index in [1.54, 1.807) is 0 Å². The minimum atomic E-state index is -0.504. The summed E-state index contributed by atoms with van der Waals surface area (Å²) in [5, 5.41) is 0. The van der Waals surface area contributed by atoms with Crippen molar-refractivity contribution >= 4 is 5.97 Å². The molecule has 19 heavy (non-hydrogen) atoms. The van der Waals surface area contributed by atoms with Gasteiger partial charge in [0.2, 0.25) is 0 Å². The van der Waals surface area contributed by atoms with Gasteiger partial charge in [-0.2, -0.15) is 0 Å². The summed E-state index contributed by atoms with van der Waals surface area (Å²) in [5.41, 5.74) is 6.09. The largest absolute Gasteiger partial charge is 0.458 e. The van der Waals surface area contributed by atoms with Gasteiger partial charge >= 0.3 is 5.97 Å². The molecule has 0 aromatic heterocycles. The fraction of sp³-hybridized carbons (Fsp3) is 0.938. The first kappa shape index (κ1) is 12.2. The molecule has 0 aromatic rings. The lowest BCUT2D eigenvalue weighted by molar-refractivity contribution is -0.155. The van der Waals surface area contributed by atoms with Gasteiger partial charge in [-0.15, -0.1) is 0 Å². The smallest absolute Gasteiger partial charge is 0.308 e. The Hall–Kier alpha value is -0.570. The van der Waals surface area contributed by atoms with E-state index < -0.39 is 11.1 Å². The number of nitrogens with two attached hydrogens (primary N) is 1. The zero-order valence-corrected chi connectivity index (χ0v) is 12.1. The number of carbonyl (C=O) groups is 1. The molecule has 2 N–H and O–H groups in total. The average Bonchev–Trinajstić information content (AvgIpc) is 2.46. The van der Waals surface area contributed by atoms with Gasteiger partial charge in [-0.05, 0) is 75.5 Å². The molecule has 4 bridgehead atoms. The first-order valence-corrected chi connectivity index (χ1v) is 7.84. The highest BCUT2D eigenvalue weighted by Crippen LogP contribution is 2.66. The van der Waals surface area contributed by atoms with Gasteiger partial charge in [0, 0.05) is 0 Å². The first-order chi connectivity index (χ1) is 8.84. The Balaban J connectivity index is 1.77. The summed E-state index contributed by atoms with van der Waals surface area (Å²) >= 11 is 0. The molecule has 0 radical (unpaired) electrons. The normalized spacial score (nSPS) is 54.5. The number of hydrogen-bond donors (Lipinski definition) is 1. The highest BCUT2D eigenvalue weighted by Gasteiger charge is 2.67.